The molecule has 0 radical (unpaired) electrons. The van der Waals surface area contributed by atoms with Gasteiger partial charge in [-0.1, -0.05) is 29.3 Å². The van der Waals surface area contributed by atoms with Gasteiger partial charge in [0.25, 0.3) is 10.0 Å². The fourth-order valence-electron chi connectivity index (χ4n) is 1.64. The second kappa shape index (κ2) is 5.71. The average molecular weight is 350 g/mol. The minimum absolute atomic E-state index is 0.0352. The van der Waals surface area contributed by atoms with Gasteiger partial charge >= 0.3 is 0 Å². The first-order chi connectivity index (χ1) is 9.72. The minimum Gasteiger partial charge on any atom is -0.506 e. The smallest absolute Gasteiger partial charge is 0.263 e. The monoisotopic (exact) mass is 349 g/mol. The van der Waals surface area contributed by atoms with E-state index in [-0.39, 0.29) is 16.5 Å². The van der Waals surface area contributed by atoms with Gasteiger partial charge in [0.05, 0.1) is 15.7 Å². The number of nitrogens with one attached hydrogen (secondary N) is 1. The number of aromatic hydroxyl groups is 1. The Morgan fingerprint density at radius 3 is 2.48 bits per heavy atom. The first-order valence-corrected chi connectivity index (χ1v) is 7.92. The molecule has 0 amide bonds. The second-order valence-electron chi connectivity index (χ2n) is 4.30. The standard InChI is InChI=1S/C13H10Cl2FNO3S/c1-7-2-4-9(10(18)6-7)17-21(19,20)11-5-3-8(14)13(16)12(11)15/h2-6,17-18H,1H3. The summed E-state index contributed by atoms with van der Waals surface area (Å²) in [5.41, 5.74) is 0.720. The van der Waals surface area contributed by atoms with E-state index in [9.17, 15) is 17.9 Å². The predicted octanol–water partition coefficient (Wildman–Crippen LogP) is 3.95. The van der Waals surface area contributed by atoms with Crippen LogP contribution >= 0.6 is 23.2 Å². The van der Waals surface area contributed by atoms with Crippen molar-refractivity contribution in [3.05, 3.63) is 51.8 Å². The fraction of sp³-hybridized carbons (Fsp3) is 0.0769. The highest BCUT2D eigenvalue weighted by Gasteiger charge is 2.23. The van der Waals surface area contributed by atoms with Crippen LogP contribution in [0, 0.1) is 12.7 Å². The summed E-state index contributed by atoms with van der Waals surface area (Å²) < 4.78 is 40.1. The van der Waals surface area contributed by atoms with Crippen LogP contribution < -0.4 is 4.72 Å². The van der Waals surface area contributed by atoms with Crippen molar-refractivity contribution in [3.8, 4) is 5.75 Å². The number of aryl methyl sites for hydroxylation is 1. The van der Waals surface area contributed by atoms with Gasteiger partial charge in [-0.15, -0.1) is 0 Å². The number of benzene rings is 2. The molecule has 0 aliphatic rings. The molecule has 0 saturated carbocycles. The molecule has 4 nitrogen and oxygen atoms in total. The molecule has 21 heavy (non-hydrogen) atoms. The van der Waals surface area contributed by atoms with Crippen molar-refractivity contribution in [2.45, 2.75) is 11.8 Å². The van der Waals surface area contributed by atoms with E-state index in [1.54, 1.807) is 13.0 Å². The van der Waals surface area contributed by atoms with Gasteiger partial charge in [-0.2, -0.15) is 0 Å². The van der Waals surface area contributed by atoms with E-state index in [4.69, 9.17) is 23.2 Å². The van der Waals surface area contributed by atoms with Crippen LogP contribution in [-0.4, -0.2) is 13.5 Å². The Kier molecular flexibility index (Phi) is 4.32. The Bertz CT molecular complexity index is 809. The lowest BCUT2D eigenvalue weighted by Gasteiger charge is -2.12. The third-order valence-corrected chi connectivity index (χ3v) is 4.87. The van der Waals surface area contributed by atoms with E-state index in [0.717, 1.165) is 17.7 Å². The summed E-state index contributed by atoms with van der Waals surface area (Å²) >= 11 is 11.2. The maximum Gasteiger partial charge on any atom is 0.263 e. The van der Waals surface area contributed by atoms with Crippen molar-refractivity contribution >= 4 is 38.9 Å². The molecule has 0 spiro atoms. The van der Waals surface area contributed by atoms with Crippen molar-refractivity contribution in [3.63, 3.8) is 0 Å². The number of phenolic OH excluding ortho intramolecular Hbond substituents is 1. The number of anilines is 1. The number of hydrogen-bond acceptors (Lipinski definition) is 3. The van der Waals surface area contributed by atoms with Crippen LogP contribution in [0.3, 0.4) is 0 Å². The first-order valence-electron chi connectivity index (χ1n) is 5.68. The van der Waals surface area contributed by atoms with Gasteiger partial charge in [-0.3, -0.25) is 4.72 Å². The Morgan fingerprint density at radius 1 is 1.19 bits per heavy atom. The summed E-state index contributed by atoms with van der Waals surface area (Å²) in [5, 5.41) is 8.82. The zero-order valence-corrected chi connectivity index (χ0v) is 13.0. The van der Waals surface area contributed by atoms with Crippen LogP contribution in [0.2, 0.25) is 10.0 Å². The van der Waals surface area contributed by atoms with Gasteiger partial charge in [0.1, 0.15) is 10.6 Å². The molecule has 0 aromatic heterocycles. The lowest BCUT2D eigenvalue weighted by Crippen LogP contribution is -2.14. The van der Waals surface area contributed by atoms with Crippen LogP contribution in [0.25, 0.3) is 0 Å². The Labute approximate surface area is 131 Å². The van der Waals surface area contributed by atoms with Gasteiger partial charge in [-0.05, 0) is 36.8 Å². The fourth-order valence-corrected chi connectivity index (χ4v) is 3.46. The molecule has 0 aliphatic heterocycles. The van der Waals surface area contributed by atoms with Crippen LogP contribution in [0.15, 0.2) is 35.2 Å². The molecular weight excluding hydrogens is 340 g/mol. The van der Waals surface area contributed by atoms with E-state index in [1.165, 1.54) is 12.1 Å². The average Bonchev–Trinajstić information content (AvgIpc) is 2.39. The normalized spacial score (nSPS) is 11.4. The maximum absolute atomic E-state index is 13.6. The molecule has 112 valence electrons. The molecular formula is C13H10Cl2FNO3S. The molecule has 2 aromatic carbocycles. The lowest BCUT2D eigenvalue weighted by molar-refractivity contribution is 0.477. The number of hydrogen-bond donors (Lipinski definition) is 2. The molecule has 2 aromatic rings. The zero-order valence-electron chi connectivity index (χ0n) is 10.7. The Morgan fingerprint density at radius 2 is 1.86 bits per heavy atom. The van der Waals surface area contributed by atoms with Crippen molar-refractivity contribution in [2.24, 2.45) is 0 Å². The quantitative estimate of drug-likeness (QED) is 0.651. The van der Waals surface area contributed by atoms with Gasteiger partial charge in [0.2, 0.25) is 0 Å². The molecule has 0 bridgehead atoms. The van der Waals surface area contributed by atoms with Gasteiger partial charge in [0, 0.05) is 0 Å². The van der Waals surface area contributed by atoms with Crippen LogP contribution in [0.5, 0.6) is 5.75 Å². The van der Waals surface area contributed by atoms with E-state index >= 15 is 0 Å². The van der Waals surface area contributed by atoms with E-state index in [1.807, 2.05) is 0 Å². The number of sulfonamides is 1. The summed E-state index contributed by atoms with van der Waals surface area (Å²) in [6, 6.07) is 6.57. The summed E-state index contributed by atoms with van der Waals surface area (Å²) in [4.78, 5) is -0.467. The predicted molar refractivity (Wildman–Crippen MR) is 80.1 cm³/mol. The Balaban J connectivity index is 2.46. The topological polar surface area (TPSA) is 66.4 Å². The molecule has 0 heterocycles. The van der Waals surface area contributed by atoms with Crippen molar-refractivity contribution in [2.75, 3.05) is 4.72 Å². The molecule has 0 aliphatic carbocycles. The number of phenols is 1. The summed E-state index contributed by atoms with van der Waals surface area (Å²) in [5.74, 6) is -1.27. The highest BCUT2D eigenvalue weighted by atomic mass is 35.5. The summed E-state index contributed by atoms with van der Waals surface area (Å²) in [6.07, 6.45) is 0. The highest BCUT2D eigenvalue weighted by molar-refractivity contribution is 7.92. The number of rotatable bonds is 3. The molecule has 8 heteroatoms. The molecule has 0 atom stereocenters. The van der Waals surface area contributed by atoms with E-state index in [2.05, 4.69) is 4.72 Å². The largest absolute Gasteiger partial charge is 0.506 e. The Hall–Kier alpha value is -1.50. The van der Waals surface area contributed by atoms with Crippen molar-refractivity contribution in [1.29, 1.82) is 0 Å². The molecule has 0 fully saturated rings. The van der Waals surface area contributed by atoms with Gasteiger partial charge in [0.15, 0.2) is 5.82 Å². The van der Waals surface area contributed by atoms with Crippen LogP contribution in [0.4, 0.5) is 10.1 Å². The highest BCUT2D eigenvalue weighted by Crippen LogP contribution is 2.32. The van der Waals surface area contributed by atoms with Crippen molar-refractivity contribution in [1.82, 2.24) is 0 Å². The minimum atomic E-state index is -4.16. The van der Waals surface area contributed by atoms with Gasteiger partial charge in [-0.25, -0.2) is 12.8 Å². The molecule has 2 N–H and O–H groups in total. The van der Waals surface area contributed by atoms with Gasteiger partial charge < -0.3 is 5.11 Å². The van der Waals surface area contributed by atoms with Crippen molar-refractivity contribution < 1.29 is 17.9 Å². The molecule has 0 unspecified atom stereocenters. The van der Waals surface area contributed by atoms with Crippen LogP contribution in [0.1, 0.15) is 5.56 Å². The van der Waals surface area contributed by atoms with E-state index < -0.39 is 25.8 Å². The lowest BCUT2D eigenvalue weighted by atomic mass is 10.2. The SMILES string of the molecule is Cc1ccc(NS(=O)(=O)c2ccc(Cl)c(F)c2Cl)c(O)c1. The first kappa shape index (κ1) is 15.9. The third-order valence-electron chi connectivity index (χ3n) is 2.69. The summed E-state index contributed by atoms with van der Waals surface area (Å²) in [7, 11) is -4.16. The third kappa shape index (κ3) is 3.23. The second-order valence-corrected chi connectivity index (χ2v) is 6.74. The number of halogens is 3. The van der Waals surface area contributed by atoms with E-state index in [0.29, 0.717) is 0 Å². The van der Waals surface area contributed by atoms with Crippen LogP contribution in [-0.2, 0) is 10.0 Å². The summed E-state index contributed by atoms with van der Waals surface area (Å²) in [6.45, 7) is 1.74. The molecule has 2 rings (SSSR count). The maximum atomic E-state index is 13.6. The molecule has 0 saturated heterocycles. The zero-order chi connectivity index (χ0) is 15.8.